The van der Waals surface area contributed by atoms with Crippen molar-refractivity contribution in [2.75, 3.05) is 19.6 Å². The van der Waals surface area contributed by atoms with Gasteiger partial charge in [0.05, 0.1) is 0 Å². The fourth-order valence-electron chi connectivity index (χ4n) is 2.29. The van der Waals surface area contributed by atoms with Gasteiger partial charge < -0.3 is 10.6 Å². The van der Waals surface area contributed by atoms with E-state index in [1.54, 1.807) is 0 Å². The zero-order valence-corrected chi connectivity index (χ0v) is 11.3. The first-order valence-corrected chi connectivity index (χ1v) is 6.35. The van der Waals surface area contributed by atoms with Crippen LogP contribution in [-0.2, 0) is 0 Å². The summed E-state index contributed by atoms with van der Waals surface area (Å²) in [6.45, 7) is 5.77. The molecule has 2 rings (SSSR count). The van der Waals surface area contributed by atoms with Gasteiger partial charge in [-0.2, -0.15) is 0 Å². The summed E-state index contributed by atoms with van der Waals surface area (Å²) >= 11 is 0. The zero-order chi connectivity index (χ0) is 11.2. The van der Waals surface area contributed by atoms with Gasteiger partial charge in [0.2, 0.25) is 0 Å². The minimum Gasteiger partial charge on any atom is -0.317 e. The maximum Gasteiger partial charge on any atom is 0.0291 e. The molecule has 3 heteroatoms. The van der Waals surface area contributed by atoms with Crippen molar-refractivity contribution in [2.45, 2.75) is 25.8 Å². The van der Waals surface area contributed by atoms with Crippen molar-refractivity contribution >= 4 is 12.4 Å². The van der Waals surface area contributed by atoms with E-state index in [0.717, 1.165) is 12.5 Å². The van der Waals surface area contributed by atoms with E-state index in [4.69, 9.17) is 0 Å². The molecule has 0 amide bonds. The normalized spacial score (nSPS) is 18.4. The molecule has 1 fully saturated rings. The molecule has 96 valence electrons. The molecule has 0 aromatic heterocycles. The Morgan fingerprint density at radius 1 is 1.24 bits per heavy atom. The second-order valence-electron chi connectivity index (χ2n) is 4.73. The fourth-order valence-corrected chi connectivity index (χ4v) is 2.29. The monoisotopic (exact) mass is 254 g/mol. The molecule has 1 atom stereocenters. The Hall–Kier alpha value is -0.570. The van der Waals surface area contributed by atoms with Crippen LogP contribution in [0.15, 0.2) is 30.3 Å². The predicted octanol–water partition coefficient (Wildman–Crippen LogP) is 2.76. The smallest absolute Gasteiger partial charge is 0.0291 e. The van der Waals surface area contributed by atoms with E-state index in [9.17, 15) is 0 Å². The van der Waals surface area contributed by atoms with Gasteiger partial charge in [0.25, 0.3) is 0 Å². The molecule has 0 aliphatic carbocycles. The largest absolute Gasteiger partial charge is 0.317 e. The van der Waals surface area contributed by atoms with Crippen LogP contribution >= 0.6 is 12.4 Å². The molecule has 2 N–H and O–H groups in total. The Balaban J connectivity index is 0.00000144. The lowest BCUT2D eigenvalue weighted by Gasteiger charge is -2.25. The summed E-state index contributed by atoms with van der Waals surface area (Å²) in [5, 5.41) is 7.05. The SMILES string of the molecule is C[C@@H](NCC1CCNCC1)c1ccccc1.Cl. The number of piperidine rings is 1. The van der Waals surface area contributed by atoms with Crippen molar-refractivity contribution < 1.29 is 0 Å². The van der Waals surface area contributed by atoms with Gasteiger partial charge in [0.1, 0.15) is 0 Å². The van der Waals surface area contributed by atoms with Gasteiger partial charge in [0, 0.05) is 6.04 Å². The van der Waals surface area contributed by atoms with Crippen molar-refractivity contribution in [1.82, 2.24) is 10.6 Å². The van der Waals surface area contributed by atoms with Gasteiger partial charge in [-0.3, -0.25) is 0 Å². The van der Waals surface area contributed by atoms with Crippen LogP contribution in [0.5, 0.6) is 0 Å². The number of benzene rings is 1. The van der Waals surface area contributed by atoms with E-state index in [0.29, 0.717) is 6.04 Å². The van der Waals surface area contributed by atoms with E-state index in [1.807, 2.05) is 0 Å². The summed E-state index contributed by atoms with van der Waals surface area (Å²) in [6, 6.07) is 11.1. The molecule has 0 spiro atoms. The summed E-state index contributed by atoms with van der Waals surface area (Å²) in [5.41, 5.74) is 1.39. The first kappa shape index (κ1) is 14.5. The van der Waals surface area contributed by atoms with Crippen LogP contribution in [0.1, 0.15) is 31.4 Å². The highest BCUT2D eigenvalue weighted by molar-refractivity contribution is 5.85. The molecule has 2 nitrogen and oxygen atoms in total. The number of nitrogens with one attached hydrogen (secondary N) is 2. The van der Waals surface area contributed by atoms with Crippen LogP contribution in [0.2, 0.25) is 0 Å². The molecule has 17 heavy (non-hydrogen) atoms. The molecule has 0 bridgehead atoms. The third-order valence-electron chi connectivity index (χ3n) is 3.47. The van der Waals surface area contributed by atoms with Crippen molar-refractivity contribution in [3.8, 4) is 0 Å². The van der Waals surface area contributed by atoms with E-state index in [-0.39, 0.29) is 12.4 Å². The molecule has 1 aliphatic heterocycles. The van der Waals surface area contributed by atoms with E-state index in [1.165, 1.54) is 31.5 Å². The first-order valence-electron chi connectivity index (χ1n) is 6.35. The number of rotatable bonds is 4. The molecule has 1 saturated heterocycles. The highest BCUT2D eigenvalue weighted by atomic mass is 35.5. The van der Waals surface area contributed by atoms with Gasteiger partial charge in [0.15, 0.2) is 0 Å². The zero-order valence-electron chi connectivity index (χ0n) is 10.5. The van der Waals surface area contributed by atoms with Crippen LogP contribution in [-0.4, -0.2) is 19.6 Å². The lowest BCUT2D eigenvalue weighted by atomic mass is 9.97. The third kappa shape index (κ3) is 4.66. The maximum atomic E-state index is 3.64. The van der Waals surface area contributed by atoms with E-state index >= 15 is 0 Å². The molecule has 1 heterocycles. The molecule has 1 aromatic rings. The summed E-state index contributed by atoms with van der Waals surface area (Å²) in [6.07, 6.45) is 2.63. The Labute approximate surface area is 111 Å². The molecular weight excluding hydrogens is 232 g/mol. The summed E-state index contributed by atoms with van der Waals surface area (Å²) in [5.74, 6) is 0.854. The number of hydrogen-bond acceptors (Lipinski definition) is 2. The Morgan fingerprint density at radius 2 is 1.88 bits per heavy atom. The topological polar surface area (TPSA) is 24.1 Å². The van der Waals surface area contributed by atoms with Gasteiger partial charge in [-0.1, -0.05) is 30.3 Å². The van der Waals surface area contributed by atoms with Crippen molar-refractivity contribution in [1.29, 1.82) is 0 Å². The second-order valence-corrected chi connectivity index (χ2v) is 4.73. The van der Waals surface area contributed by atoms with Crippen molar-refractivity contribution in [3.05, 3.63) is 35.9 Å². The van der Waals surface area contributed by atoms with Crippen LogP contribution in [0.3, 0.4) is 0 Å². The maximum absolute atomic E-state index is 3.64. The Bertz CT molecular complexity index is 296. The molecule has 0 radical (unpaired) electrons. The van der Waals surface area contributed by atoms with Crippen molar-refractivity contribution in [3.63, 3.8) is 0 Å². The molecular formula is C14H23ClN2. The van der Waals surface area contributed by atoms with Gasteiger partial charge >= 0.3 is 0 Å². The van der Waals surface area contributed by atoms with Crippen LogP contribution < -0.4 is 10.6 Å². The predicted molar refractivity (Wildman–Crippen MR) is 75.7 cm³/mol. The van der Waals surface area contributed by atoms with E-state index in [2.05, 4.69) is 47.9 Å². The van der Waals surface area contributed by atoms with Gasteiger partial charge in [-0.15, -0.1) is 12.4 Å². The molecule has 0 saturated carbocycles. The number of halogens is 1. The van der Waals surface area contributed by atoms with Crippen LogP contribution in [0, 0.1) is 5.92 Å². The standard InChI is InChI=1S/C14H22N2.ClH/c1-12(14-5-3-2-4-6-14)16-11-13-7-9-15-10-8-13;/h2-6,12-13,15-16H,7-11H2,1H3;1H/t12-;/m1./s1. The lowest BCUT2D eigenvalue weighted by molar-refractivity contribution is 0.345. The van der Waals surface area contributed by atoms with Gasteiger partial charge in [-0.05, 0) is 50.9 Å². The minimum absolute atomic E-state index is 0. The average Bonchev–Trinajstić information content (AvgIpc) is 2.38. The summed E-state index contributed by atoms with van der Waals surface area (Å²) in [7, 11) is 0. The Morgan fingerprint density at radius 3 is 2.53 bits per heavy atom. The summed E-state index contributed by atoms with van der Waals surface area (Å²) < 4.78 is 0. The quantitative estimate of drug-likeness (QED) is 0.864. The minimum atomic E-state index is 0. The van der Waals surface area contributed by atoms with Crippen molar-refractivity contribution in [2.24, 2.45) is 5.92 Å². The fraction of sp³-hybridized carbons (Fsp3) is 0.571. The summed E-state index contributed by atoms with van der Waals surface area (Å²) in [4.78, 5) is 0. The molecule has 0 unspecified atom stereocenters. The first-order chi connectivity index (χ1) is 7.86. The van der Waals surface area contributed by atoms with Gasteiger partial charge in [-0.25, -0.2) is 0 Å². The number of hydrogen-bond donors (Lipinski definition) is 2. The van der Waals surface area contributed by atoms with Crippen LogP contribution in [0.4, 0.5) is 0 Å². The lowest BCUT2D eigenvalue weighted by Crippen LogP contribution is -2.34. The third-order valence-corrected chi connectivity index (χ3v) is 3.47. The second kappa shape index (κ2) is 7.70. The molecule has 1 aromatic carbocycles. The highest BCUT2D eigenvalue weighted by Crippen LogP contribution is 2.14. The average molecular weight is 255 g/mol. The van der Waals surface area contributed by atoms with E-state index < -0.39 is 0 Å². The Kier molecular flexibility index (Phi) is 6.56. The molecule has 1 aliphatic rings. The van der Waals surface area contributed by atoms with Crippen LogP contribution in [0.25, 0.3) is 0 Å². The highest BCUT2D eigenvalue weighted by Gasteiger charge is 2.13.